The third kappa shape index (κ3) is 2.38. The van der Waals surface area contributed by atoms with Crippen LogP contribution in [0.2, 0.25) is 0 Å². The molecular formula is C14H21N5O5. The fourth-order valence-electron chi connectivity index (χ4n) is 3.18. The van der Waals surface area contributed by atoms with Crippen molar-refractivity contribution in [1.29, 1.82) is 0 Å². The Kier molecular flexibility index (Phi) is 4.30. The van der Waals surface area contributed by atoms with E-state index in [4.69, 9.17) is 10.5 Å². The highest BCUT2D eigenvalue weighted by atomic mass is 16.6. The van der Waals surface area contributed by atoms with Gasteiger partial charge in [-0.3, -0.25) is 14.3 Å². The van der Waals surface area contributed by atoms with E-state index in [-0.39, 0.29) is 17.1 Å². The second kappa shape index (κ2) is 6.13. The third-order valence-corrected chi connectivity index (χ3v) is 4.42. The van der Waals surface area contributed by atoms with Crippen molar-refractivity contribution in [3.8, 4) is 0 Å². The second-order valence-electron chi connectivity index (χ2n) is 5.96. The summed E-state index contributed by atoms with van der Waals surface area (Å²) in [7, 11) is 0. The average molecular weight is 339 g/mol. The summed E-state index contributed by atoms with van der Waals surface area (Å²) in [6.07, 6.45) is -0.366. The Morgan fingerprint density at radius 3 is 2.88 bits per heavy atom. The Hall–Kier alpha value is -2.01. The van der Waals surface area contributed by atoms with E-state index in [0.717, 1.165) is 6.42 Å². The zero-order valence-electron chi connectivity index (χ0n) is 13.2. The van der Waals surface area contributed by atoms with Crippen LogP contribution < -0.4 is 11.3 Å². The zero-order valence-corrected chi connectivity index (χ0v) is 13.2. The Bertz CT molecular complexity index is 789. The molecule has 2 aromatic heterocycles. The van der Waals surface area contributed by atoms with Gasteiger partial charge in [-0.25, -0.2) is 4.98 Å². The van der Waals surface area contributed by atoms with Crippen LogP contribution in [0.3, 0.4) is 0 Å². The number of hydrogen-bond donors (Lipinski definition) is 5. The van der Waals surface area contributed by atoms with Gasteiger partial charge in [-0.15, -0.1) is 0 Å². The summed E-state index contributed by atoms with van der Waals surface area (Å²) < 4.78 is 7.26. The number of ether oxygens (including phenoxy) is 1. The molecule has 132 valence electrons. The van der Waals surface area contributed by atoms with Crippen molar-refractivity contribution < 1.29 is 20.1 Å². The Morgan fingerprint density at radius 2 is 2.25 bits per heavy atom. The number of aromatic nitrogens is 4. The lowest BCUT2D eigenvalue weighted by atomic mass is 9.96. The number of hydrogen-bond acceptors (Lipinski definition) is 8. The first-order valence-corrected chi connectivity index (χ1v) is 7.82. The molecule has 1 aliphatic heterocycles. The summed E-state index contributed by atoms with van der Waals surface area (Å²) in [5.74, 6) is -0.0911. The van der Waals surface area contributed by atoms with Crippen molar-refractivity contribution in [1.82, 2.24) is 19.5 Å². The largest absolute Gasteiger partial charge is 0.394 e. The summed E-state index contributed by atoms with van der Waals surface area (Å²) in [6, 6.07) is 0. The van der Waals surface area contributed by atoms with E-state index in [9.17, 15) is 20.1 Å². The number of anilines is 1. The lowest BCUT2D eigenvalue weighted by Crippen LogP contribution is -2.45. The maximum absolute atomic E-state index is 12.0. The molecule has 0 bridgehead atoms. The molecule has 0 unspecified atom stereocenters. The molecule has 0 aliphatic carbocycles. The van der Waals surface area contributed by atoms with E-state index in [1.807, 2.05) is 6.92 Å². The SMILES string of the molecule is CCCC[C@@]1(n2cnc3c(=O)[nH]c(N)nc32)O[C@H](CO)[C@@H](O)[C@H]1O. The standard InChI is InChI=1S/C14H21N5O5/c1-2-3-4-14(10(22)9(21)7(5-20)24-14)19-6-16-8-11(19)17-13(15)18-12(8)23/h6-7,9-10,20-22H,2-5H2,1H3,(H3,15,17,18,23)/t7-,9-,10-,14-/m1/s1. The van der Waals surface area contributed by atoms with Gasteiger partial charge in [0.25, 0.3) is 5.56 Å². The molecule has 24 heavy (non-hydrogen) atoms. The van der Waals surface area contributed by atoms with Crippen LogP contribution in [-0.4, -0.2) is 59.8 Å². The quantitative estimate of drug-likeness (QED) is 0.447. The summed E-state index contributed by atoms with van der Waals surface area (Å²) in [6.45, 7) is 1.52. The highest BCUT2D eigenvalue weighted by Gasteiger charge is 2.55. The van der Waals surface area contributed by atoms with Crippen molar-refractivity contribution in [2.75, 3.05) is 12.3 Å². The first kappa shape index (κ1) is 16.8. The maximum atomic E-state index is 12.0. The lowest BCUT2D eigenvalue weighted by Gasteiger charge is -2.33. The van der Waals surface area contributed by atoms with Gasteiger partial charge in [0.1, 0.15) is 18.3 Å². The molecule has 2 aromatic rings. The molecule has 0 amide bonds. The minimum atomic E-state index is -1.38. The second-order valence-corrected chi connectivity index (χ2v) is 5.96. The number of nitrogens with zero attached hydrogens (tertiary/aromatic N) is 3. The molecule has 1 aliphatic rings. The monoisotopic (exact) mass is 339 g/mol. The van der Waals surface area contributed by atoms with Gasteiger partial charge in [0.15, 0.2) is 16.9 Å². The number of aliphatic hydroxyl groups is 3. The van der Waals surface area contributed by atoms with Gasteiger partial charge < -0.3 is 25.8 Å². The highest BCUT2D eigenvalue weighted by molar-refractivity contribution is 5.70. The normalized spacial score (nSPS) is 30.2. The van der Waals surface area contributed by atoms with Crippen LogP contribution in [0.1, 0.15) is 26.2 Å². The topological polar surface area (TPSA) is 160 Å². The van der Waals surface area contributed by atoms with Gasteiger partial charge in [0.05, 0.1) is 12.9 Å². The fraction of sp³-hybridized carbons (Fsp3) is 0.643. The summed E-state index contributed by atoms with van der Waals surface area (Å²) in [4.78, 5) is 22.4. The van der Waals surface area contributed by atoms with E-state index >= 15 is 0 Å². The number of imidazole rings is 1. The van der Waals surface area contributed by atoms with Crippen LogP contribution in [0.25, 0.3) is 11.2 Å². The number of nitrogen functional groups attached to an aromatic ring is 1. The van der Waals surface area contributed by atoms with Gasteiger partial charge in [0, 0.05) is 0 Å². The zero-order chi connectivity index (χ0) is 17.5. The number of rotatable bonds is 5. The average Bonchev–Trinajstić information content (AvgIpc) is 3.08. The van der Waals surface area contributed by atoms with Gasteiger partial charge >= 0.3 is 0 Å². The molecule has 3 heterocycles. The van der Waals surface area contributed by atoms with Gasteiger partial charge in [0.2, 0.25) is 5.95 Å². The molecule has 10 nitrogen and oxygen atoms in total. The molecule has 0 aromatic carbocycles. The Morgan fingerprint density at radius 1 is 1.50 bits per heavy atom. The van der Waals surface area contributed by atoms with E-state index in [1.165, 1.54) is 10.9 Å². The smallest absolute Gasteiger partial charge is 0.280 e. The summed E-state index contributed by atoms with van der Waals surface area (Å²) in [5, 5.41) is 30.2. The predicted molar refractivity (Wildman–Crippen MR) is 84.0 cm³/mol. The molecule has 0 saturated carbocycles. The van der Waals surface area contributed by atoms with Crippen molar-refractivity contribution >= 4 is 17.1 Å². The molecule has 1 fully saturated rings. The van der Waals surface area contributed by atoms with Crippen LogP contribution in [0.15, 0.2) is 11.1 Å². The summed E-state index contributed by atoms with van der Waals surface area (Å²) in [5.41, 5.74) is 3.92. The number of H-pyrrole nitrogens is 1. The molecule has 10 heteroatoms. The highest BCUT2D eigenvalue weighted by Crippen LogP contribution is 2.40. The molecule has 4 atom stereocenters. The van der Waals surface area contributed by atoms with Crippen LogP contribution >= 0.6 is 0 Å². The van der Waals surface area contributed by atoms with Crippen LogP contribution in [0.5, 0.6) is 0 Å². The van der Waals surface area contributed by atoms with Crippen molar-refractivity contribution in [2.24, 2.45) is 0 Å². The first-order valence-electron chi connectivity index (χ1n) is 7.82. The Balaban J connectivity index is 2.19. The molecule has 0 radical (unpaired) electrons. The fourth-order valence-corrected chi connectivity index (χ4v) is 3.18. The van der Waals surface area contributed by atoms with Crippen molar-refractivity contribution in [3.63, 3.8) is 0 Å². The van der Waals surface area contributed by atoms with Crippen molar-refractivity contribution in [3.05, 3.63) is 16.7 Å². The molecule has 3 rings (SSSR count). The van der Waals surface area contributed by atoms with Crippen LogP contribution in [0.4, 0.5) is 5.95 Å². The van der Waals surface area contributed by atoms with E-state index < -0.39 is 36.2 Å². The number of aliphatic hydroxyl groups excluding tert-OH is 3. The van der Waals surface area contributed by atoms with E-state index in [0.29, 0.717) is 12.8 Å². The third-order valence-electron chi connectivity index (χ3n) is 4.42. The summed E-state index contributed by atoms with van der Waals surface area (Å²) >= 11 is 0. The first-order chi connectivity index (χ1) is 11.4. The minimum Gasteiger partial charge on any atom is -0.394 e. The van der Waals surface area contributed by atoms with Gasteiger partial charge in [-0.1, -0.05) is 13.3 Å². The van der Waals surface area contributed by atoms with E-state index in [2.05, 4.69) is 15.0 Å². The molecule has 1 saturated heterocycles. The number of fused-ring (bicyclic) bond motifs is 1. The van der Waals surface area contributed by atoms with Crippen LogP contribution in [0, 0.1) is 0 Å². The number of nitrogens with one attached hydrogen (secondary N) is 1. The van der Waals surface area contributed by atoms with E-state index in [1.54, 1.807) is 0 Å². The Labute approximate surface area is 136 Å². The molecular weight excluding hydrogens is 318 g/mol. The number of nitrogens with two attached hydrogens (primary N) is 1. The van der Waals surface area contributed by atoms with Gasteiger partial charge in [-0.2, -0.15) is 4.98 Å². The van der Waals surface area contributed by atoms with Gasteiger partial charge in [-0.05, 0) is 12.8 Å². The maximum Gasteiger partial charge on any atom is 0.280 e. The lowest BCUT2D eigenvalue weighted by molar-refractivity contribution is -0.151. The number of unbranched alkanes of at least 4 members (excludes halogenated alkanes) is 1. The van der Waals surface area contributed by atoms with Crippen LogP contribution in [-0.2, 0) is 10.5 Å². The van der Waals surface area contributed by atoms with Crippen molar-refractivity contribution in [2.45, 2.75) is 50.2 Å². The minimum absolute atomic E-state index is 0.0535. The molecule has 0 spiro atoms. The molecule has 6 N–H and O–H groups in total. The number of aromatic amines is 1. The predicted octanol–water partition coefficient (Wildman–Crippen LogP) is -1.34.